The van der Waals surface area contributed by atoms with Crippen molar-refractivity contribution < 1.29 is 9.53 Å². The number of ether oxygens (including phenoxy) is 1. The molecule has 21 heavy (non-hydrogen) atoms. The van der Waals surface area contributed by atoms with E-state index in [1.165, 1.54) is 5.56 Å². The molecule has 1 aliphatic rings. The molecule has 0 bridgehead atoms. The van der Waals surface area contributed by atoms with Gasteiger partial charge in [-0.25, -0.2) is 0 Å². The molecular formula is C15H22Cl2N2O2. The maximum absolute atomic E-state index is 11.9. The lowest BCUT2D eigenvalue weighted by molar-refractivity contribution is -0.123. The number of nitrogens with two attached hydrogens (primary N) is 1. The molecule has 1 unspecified atom stereocenters. The monoisotopic (exact) mass is 332 g/mol. The number of halogens is 2. The van der Waals surface area contributed by atoms with Crippen LogP contribution in [-0.4, -0.2) is 32.2 Å². The molecule has 4 nitrogen and oxygen atoms in total. The molecule has 0 saturated heterocycles. The van der Waals surface area contributed by atoms with Crippen LogP contribution in [0.2, 0.25) is 5.02 Å². The third kappa shape index (κ3) is 4.85. The number of hydrogen-bond donors (Lipinski definition) is 2. The fourth-order valence-corrected chi connectivity index (χ4v) is 2.54. The Bertz CT molecular complexity index is 474. The molecule has 0 spiro atoms. The zero-order valence-corrected chi connectivity index (χ0v) is 13.7. The molecule has 1 amide bonds. The van der Waals surface area contributed by atoms with Gasteiger partial charge in [-0.2, -0.15) is 0 Å². The maximum atomic E-state index is 11.9. The third-order valence-corrected chi connectivity index (χ3v) is 4.16. The van der Waals surface area contributed by atoms with Crippen molar-refractivity contribution in [1.82, 2.24) is 5.32 Å². The quantitative estimate of drug-likeness (QED) is 0.805. The minimum atomic E-state index is -0.212. The van der Waals surface area contributed by atoms with Crippen molar-refractivity contribution in [3.8, 4) is 0 Å². The number of carbonyl (C=O) groups is 1. The van der Waals surface area contributed by atoms with Gasteiger partial charge in [-0.15, -0.1) is 12.4 Å². The predicted molar refractivity (Wildman–Crippen MR) is 87.1 cm³/mol. The summed E-state index contributed by atoms with van der Waals surface area (Å²) in [4.78, 5) is 11.9. The van der Waals surface area contributed by atoms with E-state index < -0.39 is 0 Å². The van der Waals surface area contributed by atoms with E-state index in [1.54, 1.807) is 7.11 Å². The van der Waals surface area contributed by atoms with Gasteiger partial charge in [0.2, 0.25) is 5.91 Å². The largest absolute Gasteiger partial charge is 0.380 e. The van der Waals surface area contributed by atoms with Crippen molar-refractivity contribution in [2.45, 2.75) is 30.8 Å². The Morgan fingerprint density at radius 2 is 2.24 bits per heavy atom. The van der Waals surface area contributed by atoms with Gasteiger partial charge in [-0.1, -0.05) is 23.7 Å². The van der Waals surface area contributed by atoms with Gasteiger partial charge < -0.3 is 15.8 Å². The second-order valence-electron chi connectivity index (χ2n) is 5.36. The number of hydrogen-bond acceptors (Lipinski definition) is 3. The van der Waals surface area contributed by atoms with Crippen molar-refractivity contribution in [2.75, 3.05) is 20.2 Å². The summed E-state index contributed by atoms with van der Waals surface area (Å²) in [5.74, 6) is -0.0180. The molecular weight excluding hydrogens is 311 g/mol. The molecule has 1 saturated carbocycles. The summed E-state index contributed by atoms with van der Waals surface area (Å²) in [5.41, 5.74) is 6.78. The van der Waals surface area contributed by atoms with Gasteiger partial charge in [0.1, 0.15) is 0 Å². The normalized spacial score (nSPS) is 16.7. The fourth-order valence-electron chi connectivity index (χ4n) is 2.35. The summed E-state index contributed by atoms with van der Waals surface area (Å²) in [6, 6.07) is 7.88. The van der Waals surface area contributed by atoms with Crippen LogP contribution in [0.5, 0.6) is 0 Å². The van der Waals surface area contributed by atoms with Crippen molar-refractivity contribution in [1.29, 1.82) is 0 Å². The van der Waals surface area contributed by atoms with Crippen molar-refractivity contribution >= 4 is 29.9 Å². The van der Waals surface area contributed by atoms with Crippen LogP contribution in [0.1, 0.15) is 24.8 Å². The summed E-state index contributed by atoms with van der Waals surface area (Å²) in [5, 5.41) is 3.72. The van der Waals surface area contributed by atoms with Crippen LogP contribution in [0.4, 0.5) is 0 Å². The van der Waals surface area contributed by atoms with Crippen LogP contribution in [0.25, 0.3) is 0 Å². The number of methoxy groups -OCH3 is 1. The first-order valence-corrected chi connectivity index (χ1v) is 7.23. The van der Waals surface area contributed by atoms with Gasteiger partial charge >= 0.3 is 0 Å². The topological polar surface area (TPSA) is 64.3 Å². The van der Waals surface area contributed by atoms with Crippen LogP contribution >= 0.6 is 24.0 Å². The average molecular weight is 333 g/mol. The molecule has 1 aromatic rings. The van der Waals surface area contributed by atoms with E-state index in [1.807, 2.05) is 18.2 Å². The molecule has 0 radical (unpaired) electrons. The van der Waals surface area contributed by atoms with E-state index in [4.69, 9.17) is 22.1 Å². The standard InChI is InChI=1S/C15H21ClN2O2.ClH/c1-20-13(9-17)8-14(19)18-10-15(5-6-15)11-3-2-4-12(16)7-11;/h2-4,7,13H,5-6,8-10,17H2,1H3,(H,18,19);1H. The summed E-state index contributed by atoms with van der Waals surface area (Å²) in [7, 11) is 1.57. The summed E-state index contributed by atoms with van der Waals surface area (Å²) in [6.07, 6.45) is 2.26. The van der Waals surface area contributed by atoms with Gasteiger partial charge in [0.25, 0.3) is 0 Å². The molecule has 0 aliphatic heterocycles. The molecule has 0 heterocycles. The lowest BCUT2D eigenvalue weighted by Crippen LogP contribution is -2.36. The van der Waals surface area contributed by atoms with E-state index in [-0.39, 0.29) is 29.8 Å². The predicted octanol–water partition coefficient (Wildman–Crippen LogP) is 2.27. The minimum Gasteiger partial charge on any atom is -0.380 e. The second-order valence-corrected chi connectivity index (χ2v) is 5.80. The smallest absolute Gasteiger partial charge is 0.222 e. The molecule has 3 N–H and O–H groups in total. The van der Waals surface area contributed by atoms with Crippen molar-refractivity contribution in [3.05, 3.63) is 34.9 Å². The summed E-state index contributed by atoms with van der Waals surface area (Å²) < 4.78 is 5.11. The third-order valence-electron chi connectivity index (χ3n) is 3.92. The lowest BCUT2D eigenvalue weighted by atomic mass is 9.96. The molecule has 6 heteroatoms. The zero-order chi connectivity index (χ0) is 14.6. The second kappa shape index (κ2) is 7.99. The number of amides is 1. The van der Waals surface area contributed by atoms with E-state index in [0.29, 0.717) is 19.5 Å². The van der Waals surface area contributed by atoms with E-state index >= 15 is 0 Å². The van der Waals surface area contributed by atoms with Gasteiger partial charge in [-0.3, -0.25) is 4.79 Å². The highest BCUT2D eigenvalue weighted by Crippen LogP contribution is 2.48. The number of benzene rings is 1. The molecule has 1 aliphatic carbocycles. The van der Waals surface area contributed by atoms with Crippen molar-refractivity contribution in [2.24, 2.45) is 5.73 Å². The highest BCUT2D eigenvalue weighted by molar-refractivity contribution is 6.30. The van der Waals surface area contributed by atoms with Crippen LogP contribution in [0.3, 0.4) is 0 Å². The Hall–Kier alpha value is -0.810. The highest BCUT2D eigenvalue weighted by Gasteiger charge is 2.44. The number of rotatable bonds is 7. The van der Waals surface area contributed by atoms with Crippen LogP contribution in [-0.2, 0) is 14.9 Å². The molecule has 0 aromatic heterocycles. The molecule has 118 valence electrons. The first-order valence-electron chi connectivity index (χ1n) is 6.85. The van der Waals surface area contributed by atoms with E-state index in [9.17, 15) is 4.79 Å². The minimum absolute atomic E-state index is 0. The number of carbonyl (C=O) groups excluding carboxylic acids is 1. The van der Waals surface area contributed by atoms with Crippen LogP contribution < -0.4 is 11.1 Å². The summed E-state index contributed by atoms with van der Waals surface area (Å²) >= 11 is 6.03. The van der Waals surface area contributed by atoms with Gasteiger partial charge in [-0.05, 0) is 30.5 Å². The first kappa shape index (κ1) is 18.2. The van der Waals surface area contributed by atoms with Gasteiger partial charge in [0.15, 0.2) is 0 Å². The SMILES string of the molecule is COC(CN)CC(=O)NCC1(c2cccc(Cl)c2)CC1.Cl. The zero-order valence-electron chi connectivity index (χ0n) is 12.1. The number of nitrogens with one attached hydrogen (secondary N) is 1. The lowest BCUT2D eigenvalue weighted by Gasteiger charge is -2.18. The molecule has 2 rings (SSSR count). The van der Waals surface area contributed by atoms with Crippen LogP contribution in [0.15, 0.2) is 24.3 Å². The summed E-state index contributed by atoms with van der Waals surface area (Å²) in [6.45, 7) is 0.997. The van der Waals surface area contributed by atoms with Gasteiger partial charge in [0.05, 0.1) is 12.5 Å². The Balaban J connectivity index is 0.00000220. The molecule has 1 atom stereocenters. The van der Waals surface area contributed by atoms with Crippen molar-refractivity contribution in [3.63, 3.8) is 0 Å². The Morgan fingerprint density at radius 1 is 1.52 bits per heavy atom. The highest BCUT2D eigenvalue weighted by atomic mass is 35.5. The van der Waals surface area contributed by atoms with Gasteiger partial charge in [0, 0.05) is 30.6 Å². The molecule has 1 fully saturated rings. The Kier molecular flexibility index (Phi) is 6.94. The first-order chi connectivity index (χ1) is 9.59. The average Bonchev–Trinajstić information content (AvgIpc) is 3.24. The maximum Gasteiger partial charge on any atom is 0.222 e. The molecule has 1 aromatic carbocycles. The Labute approximate surface area is 136 Å². The Morgan fingerprint density at radius 3 is 2.76 bits per heavy atom. The van der Waals surface area contributed by atoms with E-state index in [0.717, 1.165) is 17.9 Å². The fraction of sp³-hybridized carbons (Fsp3) is 0.533. The van der Waals surface area contributed by atoms with E-state index in [2.05, 4.69) is 11.4 Å². The van der Waals surface area contributed by atoms with Crippen LogP contribution in [0, 0.1) is 0 Å².